The van der Waals surface area contributed by atoms with Crippen molar-refractivity contribution in [2.75, 3.05) is 0 Å². The lowest BCUT2D eigenvalue weighted by atomic mass is 9.84. The van der Waals surface area contributed by atoms with Crippen LogP contribution in [0.3, 0.4) is 0 Å². The van der Waals surface area contributed by atoms with Crippen LogP contribution in [-0.2, 0) is 0 Å². The molecule has 3 heteroatoms. The maximum atomic E-state index is 12.3. The zero-order valence-electron chi connectivity index (χ0n) is 11.3. The molecule has 1 fully saturated rings. The molecule has 1 aromatic carbocycles. The Labute approximate surface area is 128 Å². The summed E-state index contributed by atoms with van der Waals surface area (Å²) in [7, 11) is 0. The summed E-state index contributed by atoms with van der Waals surface area (Å²) in [5.41, 5.74) is 2.10. The second kappa shape index (κ2) is 6.11. The molecule has 0 radical (unpaired) electrons. The Hall–Kier alpha value is -1.12. The van der Waals surface area contributed by atoms with Crippen molar-refractivity contribution in [3.8, 4) is 0 Å². The quantitative estimate of drug-likeness (QED) is 0.667. The zero-order chi connectivity index (χ0) is 13.9. The average Bonchev–Trinajstić information content (AvgIpc) is 2.94. The lowest BCUT2D eigenvalue weighted by Crippen LogP contribution is -2.05. The lowest BCUT2D eigenvalue weighted by Gasteiger charge is -2.22. The first-order valence-electron chi connectivity index (χ1n) is 7.13. The molecule has 104 valence electrons. The molecule has 0 spiro atoms. The maximum absolute atomic E-state index is 12.3. The summed E-state index contributed by atoms with van der Waals surface area (Å²) in [5, 5.41) is 2.41. The minimum absolute atomic E-state index is 0.0280. The molecule has 0 atom stereocenters. The molecule has 1 nitrogen and oxygen atoms in total. The van der Waals surface area contributed by atoms with Crippen LogP contribution in [0.5, 0.6) is 0 Å². The normalized spacial score (nSPS) is 16.2. The molecule has 0 saturated heterocycles. The first-order valence-corrected chi connectivity index (χ1v) is 8.39. The third-order valence-electron chi connectivity index (χ3n) is 4.07. The summed E-state index contributed by atoms with van der Waals surface area (Å²) < 4.78 is 0. The summed E-state index contributed by atoms with van der Waals surface area (Å²) in [6, 6.07) is 9.90. The van der Waals surface area contributed by atoms with E-state index in [1.165, 1.54) is 49.0 Å². The average molecular weight is 305 g/mol. The van der Waals surface area contributed by atoms with Crippen LogP contribution in [0.1, 0.15) is 58.8 Å². The summed E-state index contributed by atoms with van der Waals surface area (Å²) in [6.45, 7) is 0. The van der Waals surface area contributed by atoms with Crippen LogP contribution in [0.25, 0.3) is 0 Å². The van der Waals surface area contributed by atoms with Gasteiger partial charge in [0.2, 0.25) is 5.78 Å². The molecule has 1 aromatic heterocycles. The zero-order valence-corrected chi connectivity index (χ0v) is 12.8. The molecule has 0 amide bonds. The molecule has 1 aliphatic rings. The van der Waals surface area contributed by atoms with Gasteiger partial charge in [-0.3, -0.25) is 4.79 Å². The van der Waals surface area contributed by atoms with Gasteiger partial charge in [0.1, 0.15) is 0 Å². The number of benzene rings is 1. The third kappa shape index (κ3) is 2.82. The van der Waals surface area contributed by atoms with Gasteiger partial charge in [-0.05, 0) is 35.8 Å². The Bertz CT molecular complexity index is 594. The van der Waals surface area contributed by atoms with Gasteiger partial charge < -0.3 is 0 Å². The predicted molar refractivity (Wildman–Crippen MR) is 85.0 cm³/mol. The minimum atomic E-state index is 0.0280. The van der Waals surface area contributed by atoms with Crippen molar-refractivity contribution in [2.24, 2.45) is 0 Å². The van der Waals surface area contributed by atoms with E-state index in [0.717, 1.165) is 5.56 Å². The van der Waals surface area contributed by atoms with Gasteiger partial charge >= 0.3 is 0 Å². The fourth-order valence-corrected chi connectivity index (χ4v) is 4.03. The highest BCUT2D eigenvalue weighted by Gasteiger charge is 2.17. The van der Waals surface area contributed by atoms with Crippen molar-refractivity contribution < 1.29 is 4.79 Å². The number of thiophene rings is 1. The van der Waals surface area contributed by atoms with Crippen LogP contribution in [0, 0.1) is 0 Å². The molecular formula is C17H17ClOS. The Morgan fingerprint density at radius 2 is 1.75 bits per heavy atom. The van der Waals surface area contributed by atoms with E-state index in [0.29, 0.717) is 15.8 Å². The van der Waals surface area contributed by atoms with E-state index in [9.17, 15) is 4.79 Å². The van der Waals surface area contributed by atoms with E-state index in [-0.39, 0.29) is 5.78 Å². The van der Waals surface area contributed by atoms with Crippen molar-refractivity contribution in [3.05, 3.63) is 56.7 Å². The SMILES string of the molecule is O=C(c1ccc(C2CCCCC2)cc1)c1sccc1Cl. The van der Waals surface area contributed by atoms with Gasteiger partial charge in [-0.25, -0.2) is 0 Å². The predicted octanol–water partition coefficient (Wildman–Crippen LogP) is 5.68. The summed E-state index contributed by atoms with van der Waals surface area (Å²) in [6.07, 6.45) is 6.59. The van der Waals surface area contributed by atoms with Crippen molar-refractivity contribution in [3.63, 3.8) is 0 Å². The highest BCUT2D eigenvalue weighted by molar-refractivity contribution is 7.13. The molecule has 0 bridgehead atoms. The number of hydrogen-bond donors (Lipinski definition) is 0. The number of ketones is 1. The van der Waals surface area contributed by atoms with Crippen molar-refractivity contribution in [1.29, 1.82) is 0 Å². The number of halogens is 1. The summed E-state index contributed by atoms with van der Waals surface area (Å²) in [4.78, 5) is 13.0. The van der Waals surface area contributed by atoms with Crippen LogP contribution >= 0.6 is 22.9 Å². The van der Waals surface area contributed by atoms with Crippen LogP contribution in [0.15, 0.2) is 35.7 Å². The molecule has 1 heterocycles. The van der Waals surface area contributed by atoms with E-state index in [1.807, 2.05) is 17.5 Å². The van der Waals surface area contributed by atoms with Crippen LogP contribution in [-0.4, -0.2) is 5.78 Å². The maximum Gasteiger partial charge on any atom is 0.204 e. The Kier molecular flexibility index (Phi) is 4.23. The largest absolute Gasteiger partial charge is 0.288 e. The van der Waals surface area contributed by atoms with Crippen molar-refractivity contribution >= 4 is 28.7 Å². The van der Waals surface area contributed by atoms with Gasteiger partial charge in [0.15, 0.2) is 0 Å². The van der Waals surface area contributed by atoms with E-state index < -0.39 is 0 Å². The van der Waals surface area contributed by atoms with Crippen LogP contribution < -0.4 is 0 Å². The van der Waals surface area contributed by atoms with Crippen molar-refractivity contribution in [1.82, 2.24) is 0 Å². The fourth-order valence-electron chi connectivity index (χ4n) is 2.93. The van der Waals surface area contributed by atoms with Gasteiger partial charge in [0.05, 0.1) is 9.90 Å². The Balaban J connectivity index is 1.79. The molecular weight excluding hydrogens is 288 g/mol. The van der Waals surface area contributed by atoms with Gasteiger partial charge in [0, 0.05) is 5.56 Å². The van der Waals surface area contributed by atoms with E-state index >= 15 is 0 Å². The molecule has 20 heavy (non-hydrogen) atoms. The first kappa shape index (κ1) is 13.8. The van der Waals surface area contributed by atoms with Gasteiger partial charge in [-0.15, -0.1) is 11.3 Å². The standard InChI is InChI=1S/C17H17ClOS/c18-15-10-11-20-17(15)16(19)14-8-6-13(7-9-14)12-4-2-1-3-5-12/h6-12H,1-5H2. The highest BCUT2D eigenvalue weighted by Crippen LogP contribution is 2.33. The second-order valence-corrected chi connectivity index (χ2v) is 6.71. The number of rotatable bonds is 3. The molecule has 0 aliphatic heterocycles. The first-order chi connectivity index (χ1) is 9.75. The molecule has 3 rings (SSSR count). The molecule has 0 unspecified atom stereocenters. The monoisotopic (exact) mass is 304 g/mol. The van der Waals surface area contributed by atoms with Crippen LogP contribution in [0.2, 0.25) is 5.02 Å². The van der Waals surface area contributed by atoms with Crippen molar-refractivity contribution in [2.45, 2.75) is 38.0 Å². The Morgan fingerprint density at radius 3 is 2.35 bits per heavy atom. The minimum Gasteiger partial charge on any atom is -0.288 e. The van der Waals surface area contributed by atoms with Crippen LogP contribution in [0.4, 0.5) is 0 Å². The molecule has 0 N–H and O–H groups in total. The summed E-state index contributed by atoms with van der Waals surface area (Å²) in [5.74, 6) is 0.707. The topological polar surface area (TPSA) is 17.1 Å². The smallest absolute Gasteiger partial charge is 0.204 e. The van der Waals surface area contributed by atoms with Gasteiger partial charge in [-0.1, -0.05) is 55.1 Å². The highest BCUT2D eigenvalue weighted by atomic mass is 35.5. The van der Waals surface area contributed by atoms with E-state index in [4.69, 9.17) is 11.6 Å². The number of carbonyl (C=O) groups is 1. The lowest BCUT2D eigenvalue weighted by molar-refractivity contribution is 0.104. The number of carbonyl (C=O) groups excluding carboxylic acids is 1. The fraction of sp³-hybridized carbons (Fsp3) is 0.353. The van der Waals surface area contributed by atoms with Gasteiger partial charge in [-0.2, -0.15) is 0 Å². The Morgan fingerprint density at radius 1 is 1.05 bits per heavy atom. The molecule has 2 aromatic rings. The second-order valence-electron chi connectivity index (χ2n) is 5.38. The molecule has 1 aliphatic carbocycles. The van der Waals surface area contributed by atoms with E-state index in [1.54, 1.807) is 6.07 Å². The summed E-state index contributed by atoms with van der Waals surface area (Å²) >= 11 is 7.43. The van der Waals surface area contributed by atoms with Gasteiger partial charge in [0.25, 0.3) is 0 Å². The molecule has 1 saturated carbocycles. The third-order valence-corrected chi connectivity index (χ3v) is 5.41. The number of hydrogen-bond acceptors (Lipinski definition) is 2. The van der Waals surface area contributed by atoms with E-state index in [2.05, 4.69) is 12.1 Å².